The van der Waals surface area contributed by atoms with E-state index in [4.69, 9.17) is 4.74 Å². The van der Waals surface area contributed by atoms with Crippen LogP contribution in [0, 0.1) is 0 Å². The van der Waals surface area contributed by atoms with Crippen molar-refractivity contribution in [2.75, 3.05) is 7.11 Å². The van der Waals surface area contributed by atoms with Gasteiger partial charge in [-0.25, -0.2) is 0 Å². The van der Waals surface area contributed by atoms with Gasteiger partial charge in [0.2, 0.25) is 0 Å². The quantitative estimate of drug-likeness (QED) is 0.859. The Balaban J connectivity index is 1.88. The molecule has 102 valence electrons. The fourth-order valence-electron chi connectivity index (χ4n) is 2.22. The number of rotatable bonds is 6. The second-order valence-electron chi connectivity index (χ2n) is 4.86. The first-order valence-electron chi connectivity index (χ1n) is 6.61. The number of benzene rings is 1. The van der Waals surface area contributed by atoms with E-state index in [1.54, 1.807) is 18.4 Å². The number of ether oxygens (including phenoxy) is 1. The van der Waals surface area contributed by atoms with E-state index in [0.717, 1.165) is 12.2 Å². The summed E-state index contributed by atoms with van der Waals surface area (Å²) in [5.74, 6) is 0.913. The van der Waals surface area contributed by atoms with Gasteiger partial charge < -0.3 is 10.1 Å². The summed E-state index contributed by atoms with van der Waals surface area (Å²) in [6.07, 6.45) is 1.03. The highest BCUT2D eigenvalue weighted by molar-refractivity contribution is 7.10. The molecule has 1 aromatic heterocycles. The second-order valence-corrected chi connectivity index (χ2v) is 5.84. The van der Waals surface area contributed by atoms with E-state index < -0.39 is 0 Å². The van der Waals surface area contributed by atoms with Crippen LogP contribution in [-0.4, -0.2) is 13.2 Å². The molecule has 1 N–H and O–H groups in total. The average molecular weight is 275 g/mol. The molecule has 3 heteroatoms. The minimum atomic E-state index is 0.410. The molecule has 1 unspecified atom stereocenters. The zero-order chi connectivity index (χ0) is 13.7. The third-order valence-corrected chi connectivity index (χ3v) is 4.26. The highest BCUT2D eigenvalue weighted by Gasteiger charge is 2.10. The highest BCUT2D eigenvalue weighted by Crippen LogP contribution is 2.19. The molecule has 0 saturated heterocycles. The van der Waals surface area contributed by atoms with Crippen molar-refractivity contribution >= 4 is 11.3 Å². The predicted molar refractivity (Wildman–Crippen MR) is 82.0 cm³/mol. The minimum Gasteiger partial charge on any atom is -0.497 e. The van der Waals surface area contributed by atoms with Gasteiger partial charge in [0.1, 0.15) is 5.75 Å². The lowest BCUT2D eigenvalue weighted by molar-refractivity contribution is 0.414. The standard InChI is InChI=1S/C16H21NOS/c1-12(17-13(2)16-5-4-10-19-16)11-14-6-8-15(18-3)9-7-14/h4-10,12-13,17H,11H2,1-3H3/t12?,13-/m0/s1. The predicted octanol–water partition coefficient (Wildman–Crippen LogP) is 4.04. The summed E-state index contributed by atoms with van der Waals surface area (Å²) in [6.45, 7) is 4.45. The van der Waals surface area contributed by atoms with E-state index in [-0.39, 0.29) is 0 Å². The fraction of sp³-hybridized carbons (Fsp3) is 0.375. The first kappa shape index (κ1) is 14.1. The lowest BCUT2D eigenvalue weighted by Gasteiger charge is -2.19. The van der Waals surface area contributed by atoms with Gasteiger partial charge in [-0.05, 0) is 49.4 Å². The van der Waals surface area contributed by atoms with Crippen molar-refractivity contribution in [3.05, 3.63) is 52.2 Å². The van der Waals surface area contributed by atoms with Gasteiger partial charge in [0.05, 0.1) is 7.11 Å². The summed E-state index contributed by atoms with van der Waals surface area (Å²) in [5, 5.41) is 5.77. The summed E-state index contributed by atoms with van der Waals surface area (Å²) in [5.41, 5.74) is 1.33. The van der Waals surface area contributed by atoms with Gasteiger partial charge in [0.25, 0.3) is 0 Å². The maximum Gasteiger partial charge on any atom is 0.118 e. The van der Waals surface area contributed by atoms with Crippen LogP contribution in [0.5, 0.6) is 5.75 Å². The smallest absolute Gasteiger partial charge is 0.118 e. The Labute approximate surface area is 119 Å². The number of hydrogen-bond acceptors (Lipinski definition) is 3. The zero-order valence-electron chi connectivity index (χ0n) is 11.7. The molecule has 2 aromatic rings. The van der Waals surface area contributed by atoms with E-state index in [1.165, 1.54) is 10.4 Å². The van der Waals surface area contributed by atoms with Crippen LogP contribution in [-0.2, 0) is 6.42 Å². The van der Waals surface area contributed by atoms with Crippen molar-refractivity contribution in [1.29, 1.82) is 0 Å². The first-order valence-corrected chi connectivity index (χ1v) is 7.49. The largest absolute Gasteiger partial charge is 0.497 e. The zero-order valence-corrected chi connectivity index (χ0v) is 12.5. The van der Waals surface area contributed by atoms with Crippen molar-refractivity contribution in [2.24, 2.45) is 0 Å². The molecular weight excluding hydrogens is 254 g/mol. The first-order chi connectivity index (χ1) is 9.19. The molecule has 2 atom stereocenters. The Bertz CT molecular complexity index is 478. The summed E-state index contributed by atoms with van der Waals surface area (Å²) in [7, 11) is 1.70. The van der Waals surface area contributed by atoms with Crippen LogP contribution in [0.1, 0.15) is 30.3 Å². The Kier molecular flexibility index (Phi) is 5.00. The van der Waals surface area contributed by atoms with E-state index in [9.17, 15) is 0 Å². The molecule has 0 saturated carbocycles. The third kappa shape index (κ3) is 4.08. The fourth-order valence-corrected chi connectivity index (χ4v) is 2.96. The molecule has 2 rings (SSSR count). The van der Waals surface area contributed by atoms with Crippen LogP contribution in [0.3, 0.4) is 0 Å². The summed E-state index contributed by atoms with van der Waals surface area (Å²) >= 11 is 1.81. The van der Waals surface area contributed by atoms with Crippen LogP contribution in [0.25, 0.3) is 0 Å². The molecule has 0 radical (unpaired) electrons. The van der Waals surface area contributed by atoms with Gasteiger partial charge in [-0.2, -0.15) is 0 Å². The number of thiophene rings is 1. The molecular formula is C16H21NOS. The molecule has 2 nitrogen and oxygen atoms in total. The van der Waals surface area contributed by atoms with Crippen LogP contribution < -0.4 is 10.1 Å². The van der Waals surface area contributed by atoms with E-state index in [1.807, 2.05) is 12.1 Å². The molecule has 0 aliphatic rings. The molecule has 0 aliphatic carbocycles. The van der Waals surface area contributed by atoms with Gasteiger partial charge in [0.15, 0.2) is 0 Å². The van der Waals surface area contributed by atoms with Crippen LogP contribution in [0.4, 0.5) is 0 Å². The van der Waals surface area contributed by atoms with Gasteiger partial charge in [0, 0.05) is 17.0 Å². The number of methoxy groups -OCH3 is 1. The van der Waals surface area contributed by atoms with Gasteiger partial charge in [-0.15, -0.1) is 11.3 Å². The van der Waals surface area contributed by atoms with Gasteiger partial charge in [-0.3, -0.25) is 0 Å². The molecule has 1 heterocycles. The van der Waals surface area contributed by atoms with Crippen molar-refractivity contribution in [2.45, 2.75) is 32.4 Å². The third-order valence-electron chi connectivity index (χ3n) is 3.21. The Morgan fingerprint density at radius 3 is 2.47 bits per heavy atom. The molecule has 0 bridgehead atoms. The van der Waals surface area contributed by atoms with Gasteiger partial charge >= 0.3 is 0 Å². The van der Waals surface area contributed by atoms with Crippen LogP contribution in [0.15, 0.2) is 41.8 Å². The van der Waals surface area contributed by atoms with E-state index in [2.05, 4.69) is 48.8 Å². The van der Waals surface area contributed by atoms with E-state index in [0.29, 0.717) is 12.1 Å². The Morgan fingerprint density at radius 2 is 1.89 bits per heavy atom. The summed E-state index contributed by atoms with van der Waals surface area (Å²) in [4.78, 5) is 1.39. The van der Waals surface area contributed by atoms with Gasteiger partial charge in [-0.1, -0.05) is 18.2 Å². The highest BCUT2D eigenvalue weighted by atomic mass is 32.1. The summed E-state index contributed by atoms with van der Waals surface area (Å²) in [6, 6.07) is 13.4. The molecule has 0 amide bonds. The molecule has 0 spiro atoms. The van der Waals surface area contributed by atoms with Crippen molar-refractivity contribution in [3.63, 3.8) is 0 Å². The maximum absolute atomic E-state index is 5.17. The monoisotopic (exact) mass is 275 g/mol. The molecule has 0 aliphatic heterocycles. The minimum absolute atomic E-state index is 0.410. The van der Waals surface area contributed by atoms with Crippen molar-refractivity contribution in [1.82, 2.24) is 5.32 Å². The topological polar surface area (TPSA) is 21.3 Å². The summed E-state index contributed by atoms with van der Waals surface area (Å²) < 4.78 is 5.17. The molecule has 1 aromatic carbocycles. The maximum atomic E-state index is 5.17. The lowest BCUT2D eigenvalue weighted by atomic mass is 10.1. The molecule has 0 fully saturated rings. The SMILES string of the molecule is COc1ccc(CC(C)N[C@@H](C)c2cccs2)cc1. The lowest BCUT2D eigenvalue weighted by Crippen LogP contribution is -2.30. The van der Waals surface area contributed by atoms with Crippen LogP contribution in [0.2, 0.25) is 0 Å². The van der Waals surface area contributed by atoms with Crippen molar-refractivity contribution < 1.29 is 4.74 Å². The normalized spacial score (nSPS) is 14.1. The average Bonchev–Trinajstić information content (AvgIpc) is 2.93. The van der Waals surface area contributed by atoms with Crippen LogP contribution >= 0.6 is 11.3 Å². The Hall–Kier alpha value is -1.32. The second kappa shape index (κ2) is 6.73. The Morgan fingerprint density at radius 1 is 1.16 bits per heavy atom. The number of nitrogens with one attached hydrogen (secondary N) is 1. The van der Waals surface area contributed by atoms with Crippen molar-refractivity contribution in [3.8, 4) is 5.75 Å². The molecule has 19 heavy (non-hydrogen) atoms. The number of hydrogen-bond donors (Lipinski definition) is 1. The van der Waals surface area contributed by atoms with E-state index >= 15 is 0 Å².